The SMILES string of the molecule is Cc1ccc(S(=O)(=O)SNC(=O)/C=C/Cn2cnnc2C)cc1. The molecule has 1 amide bonds. The summed E-state index contributed by atoms with van der Waals surface area (Å²) < 4.78 is 28.2. The van der Waals surface area contributed by atoms with Crippen molar-refractivity contribution in [1.29, 1.82) is 0 Å². The molecule has 2 aromatic rings. The molecule has 0 bridgehead atoms. The highest BCUT2D eigenvalue weighted by Crippen LogP contribution is 2.20. The van der Waals surface area contributed by atoms with Crippen LogP contribution in [0.2, 0.25) is 0 Å². The molecule has 2 rings (SSSR count). The molecule has 1 N–H and O–H groups in total. The lowest BCUT2D eigenvalue weighted by atomic mass is 10.2. The van der Waals surface area contributed by atoms with Crippen molar-refractivity contribution in [1.82, 2.24) is 19.5 Å². The molecule has 122 valence electrons. The Morgan fingerprint density at radius 1 is 1.30 bits per heavy atom. The Hall–Kier alpha value is -2.13. The Kier molecular flexibility index (Phi) is 5.56. The molecule has 0 radical (unpaired) electrons. The summed E-state index contributed by atoms with van der Waals surface area (Å²) in [5.41, 5.74) is 0.963. The summed E-state index contributed by atoms with van der Waals surface area (Å²) in [7, 11) is -3.23. The first kappa shape index (κ1) is 17.2. The average Bonchev–Trinajstić information content (AvgIpc) is 2.91. The minimum absolute atomic E-state index is 0.150. The van der Waals surface area contributed by atoms with E-state index in [9.17, 15) is 13.2 Å². The van der Waals surface area contributed by atoms with E-state index >= 15 is 0 Å². The lowest BCUT2D eigenvalue weighted by molar-refractivity contribution is -0.114. The molecule has 9 heteroatoms. The summed E-state index contributed by atoms with van der Waals surface area (Å²) in [6.45, 7) is 4.10. The third-order valence-electron chi connectivity index (χ3n) is 2.94. The number of rotatable bonds is 6. The van der Waals surface area contributed by atoms with Crippen LogP contribution in [-0.4, -0.2) is 29.1 Å². The zero-order valence-corrected chi connectivity index (χ0v) is 14.3. The fourth-order valence-electron chi connectivity index (χ4n) is 1.65. The smallest absolute Gasteiger partial charge is 0.254 e. The maximum Gasteiger partial charge on any atom is 0.254 e. The minimum atomic E-state index is -3.62. The third-order valence-corrected chi connectivity index (χ3v) is 5.78. The number of carbonyl (C=O) groups excluding carboxylic acids is 1. The van der Waals surface area contributed by atoms with Gasteiger partial charge in [-0.3, -0.25) is 9.52 Å². The van der Waals surface area contributed by atoms with Gasteiger partial charge in [0.1, 0.15) is 12.2 Å². The Balaban J connectivity index is 1.88. The van der Waals surface area contributed by atoms with Crippen molar-refractivity contribution in [3.8, 4) is 0 Å². The van der Waals surface area contributed by atoms with Crippen LogP contribution in [0.4, 0.5) is 0 Å². The zero-order chi connectivity index (χ0) is 16.9. The summed E-state index contributed by atoms with van der Waals surface area (Å²) in [6, 6.07) is 6.43. The summed E-state index contributed by atoms with van der Waals surface area (Å²) >= 11 is 0. The van der Waals surface area contributed by atoms with Crippen molar-refractivity contribution < 1.29 is 13.2 Å². The molecule has 1 aromatic heterocycles. The highest BCUT2D eigenvalue weighted by Gasteiger charge is 2.16. The molecule has 23 heavy (non-hydrogen) atoms. The molecule has 0 fully saturated rings. The van der Waals surface area contributed by atoms with Gasteiger partial charge in [-0.2, -0.15) is 0 Å². The predicted octanol–water partition coefficient (Wildman–Crippen LogP) is 1.60. The maximum atomic E-state index is 12.1. The van der Waals surface area contributed by atoms with Gasteiger partial charge in [0.05, 0.1) is 15.9 Å². The summed E-state index contributed by atoms with van der Waals surface area (Å²) in [5.74, 6) is 0.225. The van der Waals surface area contributed by atoms with Gasteiger partial charge >= 0.3 is 0 Å². The van der Waals surface area contributed by atoms with Crippen molar-refractivity contribution in [2.45, 2.75) is 25.3 Å². The molecule has 0 spiro atoms. The minimum Gasteiger partial charge on any atom is -0.314 e. The molecule has 0 saturated heterocycles. The van der Waals surface area contributed by atoms with Crippen molar-refractivity contribution in [3.05, 3.63) is 54.1 Å². The monoisotopic (exact) mass is 352 g/mol. The summed E-state index contributed by atoms with van der Waals surface area (Å²) in [4.78, 5) is 11.8. The first-order chi connectivity index (χ1) is 10.9. The Morgan fingerprint density at radius 3 is 2.61 bits per heavy atom. The van der Waals surface area contributed by atoms with E-state index in [2.05, 4.69) is 14.9 Å². The van der Waals surface area contributed by atoms with Crippen molar-refractivity contribution in [3.63, 3.8) is 0 Å². The van der Waals surface area contributed by atoms with Crippen LogP contribution in [0.25, 0.3) is 0 Å². The average molecular weight is 352 g/mol. The van der Waals surface area contributed by atoms with Gasteiger partial charge in [-0.1, -0.05) is 23.8 Å². The number of aryl methyl sites for hydroxylation is 2. The topological polar surface area (TPSA) is 94.0 Å². The number of hydrogen-bond acceptors (Lipinski definition) is 6. The zero-order valence-electron chi connectivity index (χ0n) is 12.6. The van der Waals surface area contributed by atoms with E-state index in [0.717, 1.165) is 11.4 Å². The first-order valence-electron chi connectivity index (χ1n) is 6.69. The van der Waals surface area contributed by atoms with E-state index in [0.29, 0.717) is 17.5 Å². The van der Waals surface area contributed by atoms with Gasteiger partial charge in [0.25, 0.3) is 5.91 Å². The quantitative estimate of drug-likeness (QED) is 0.482. The van der Waals surface area contributed by atoms with Gasteiger partial charge in [0.15, 0.2) is 0 Å². The number of nitrogens with one attached hydrogen (secondary N) is 1. The number of amides is 1. The molecular formula is C14H16N4O3S2. The summed E-state index contributed by atoms with van der Waals surface area (Å²) in [5, 5.41) is 7.54. The normalized spacial score (nSPS) is 11.7. The molecule has 0 unspecified atom stereocenters. The second-order valence-corrected chi connectivity index (χ2v) is 8.32. The number of allylic oxidation sites excluding steroid dienone is 1. The van der Waals surface area contributed by atoms with Crippen LogP contribution in [0.5, 0.6) is 0 Å². The van der Waals surface area contributed by atoms with Gasteiger partial charge in [-0.25, -0.2) is 8.42 Å². The summed E-state index contributed by atoms with van der Waals surface area (Å²) in [6.07, 6.45) is 4.43. The second kappa shape index (κ2) is 7.42. The van der Waals surface area contributed by atoms with E-state index in [1.165, 1.54) is 18.2 Å². The van der Waals surface area contributed by atoms with E-state index < -0.39 is 14.8 Å². The van der Waals surface area contributed by atoms with E-state index in [4.69, 9.17) is 0 Å². The highest BCUT2D eigenvalue weighted by atomic mass is 33.1. The number of benzene rings is 1. The first-order valence-corrected chi connectivity index (χ1v) is 9.51. The van der Waals surface area contributed by atoms with Crippen LogP contribution in [-0.2, 0) is 20.2 Å². The fourth-order valence-corrected chi connectivity index (χ4v) is 3.67. The Bertz CT molecular complexity index is 811. The predicted molar refractivity (Wildman–Crippen MR) is 88.0 cm³/mol. The molecule has 0 saturated carbocycles. The number of aromatic nitrogens is 3. The van der Waals surface area contributed by atoms with Gasteiger partial charge in [0, 0.05) is 12.6 Å². The number of carbonyl (C=O) groups is 1. The third kappa shape index (κ3) is 4.93. The highest BCUT2D eigenvalue weighted by molar-refractivity contribution is 8.71. The fraction of sp³-hybridized carbons (Fsp3) is 0.214. The number of hydrogen-bond donors (Lipinski definition) is 1. The van der Waals surface area contributed by atoms with Gasteiger partial charge in [-0.05, 0) is 26.0 Å². The molecule has 0 atom stereocenters. The lowest BCUT2D eigenvalue weighted by Crippen LogP contribution is -2.16. The number of nitrogens with zero attached hydrogens (tertiary/aromatic N) is 3. The standard InChI is InChI=1S/C14H16N4O3S2/c1-11-5-7-13(8-6-11)23(20,21)22-17-14(19)4-3-9-18-10-15-16-12(18)2/h3-8,10H,9H2,1-2H3,(H,17,19)/b4-3+. The van der Waals surface area contributed by atoms with Crippen LogP contribution >= 0.6 is 11.0 Å². The largest absolute Gasteiger partial charge is 0.314 e. The Morgan fingerprint density at radius 2 is 2.00 bits per heavy atom. The van der Waals surface area contributed by atoms with Crippen LogP contribution in [0, 0.1) is 13.8 Å². The Labute approximate surface area is 138 Å². The van der Waals surface area contributed by atoms with E-state index in [1.54, 1.807) is 36.0 Å². The van der Waals surface area contributed by atoms with Crippen LogP contribution in [0.15, 0.2) is 47.6 Å². The van der Waals surface area contributed by atoms with Gasteiger partial charge < -0.3 is 4.57 Å². The van der Waals surface area contributed by atoms with Crippen LogP contribution < -0.4 is 4.72 Å². The molecular weight excluding hydrogens is 336 g/mol. The maximum absolute atomic E-state index is 12.1. The van der Waals surface area contributed by atoms with Crippen molar-refractivity contribution in [2.75, 3.05) is 0 Å². The molecule has 0 aliphatic rings. The second-order valence-electron chi connectivity index (χ2n) is 4.75. The van der Waals surface area contributed by atoms with E-state index in [1.807, 2.05) is 6.92 Å². The lowest BCUT2D eigenvalue weighted by Gasteiger charge is -2.04. The van der Waals surface area contributed by atoms with Gasteiger partial charge in [0.2, 0.25) is 8.87 Å². The molecule has 7 nitrogen and oxygen atoms in total. The molecule has 1 aromatic carbocycles. The van der Waals surface area contributed by atoms with E-state index in [-0.39, 0.29) is 4.90 Å². The van der Waals surface area contributed by atoms with Gasteiger partial charge in [-0.15, -0.1) is 10.2 Å². The molecule has 1 heterocycles. The van der Waals surface area contributed by atoms with Crippen molar-refractivity contribution >= 4 is 25.8 Å². The molecule has 0 aliphatic heterocycles. The van der Waals surface area contributed by atoms with Crippen LogP contribution in [0.3, 0.4) is 0 Å². The van der Waals surface area contributed by atoms with Crippen molar-refractivity contribution in [2.24, 2.45) is 0 Å². The van der Waals surface area contributed by atoms with Crippen LogP contribution in [0.1, 0.15) is 11.4 Å². The molecule has 0 aliphatic carbocycles.